The number of aromatic nitrogens is 5. The Balaban J connectivity index is 1.86. The molecule has 0 saturated carbocycles. The molecule has 0 aliphatic heterocycles. The Kier molecular flexibility index (Phi) is 3.53. The second kappa shape index (κ2) is 5.86. The van der Waals surface area contributed by atoms with Crippen LogP contribution in [0.3, 0.4) is 0 Å². The minimum absolute atomic E-state index is 0.182. The first kappa shape index (κ1) is 15.1. The highest BCUT2D eigenvalue weighted by Gasteiger charge is 2.13. The van der Waals surface area contributed by atoms with Gasteiger partial charge < -0.3 is 5.32 Å². The average molecular weight is 332 g/mol. The van der Waals surface area contributed by atoms with E-state index in [0.29, 0.717) is 11.3 Å². The van der Waals surface area contributed by atoms with E-state index in [0.717, 1.165) is 22.8 Å². The lowest BCUT2D eigenvalue weighted by Crippen LogP contribution is -2.19. The maximum atomic E-state index is 12.0. The molecule has 4 aromatic heterocycles. The molecule has 4 heterocycles. The van der Waals surface area contributed by atoms with Crippen molar-refractivity contribution in [3.8, 4) is 17.1 Å². The maximum absolute atomic E-state index is 12.0. The molecule has 0 radical (unpaired) electrons. The number of hydrogen-bond donors (Lipinski definition) is 1. The van der Waals surface area contributed by atoms with Crippen LogP contribution in [0.25, 0.3) is 22.7 Å². The lowest BCUT2D eigenvalue weighted by molar-refractivity contribution is 0.0957. The van der Waals surface area contributed by atoms with Crippen LogP contribution in [0.1, 0.15) is 16.2 Å². The number of carbonyl (C=O) groups excluding carboxylic acids is 1. The molecule has 1 amide bonds. The van der Waals surface area contributed by atoms with E-state index in [1.54, 1.807) is 28.5 Å². The number of nitrogens with one attached hydrogen (secondary N) is 1. The van der Waals surface area contributed by atoms with Gasteiger partial charge in [0.25, 0.3) is 5.91 Å². The summed E-state index contributed by atoms with van der Waals surface area (Å²) in [4.78, 5) is 20.8. The molecule has 0 atom stereocenters. The van der Waals surface area contributed by atoms with Gasteiger partial charge in [0.2, 0.25) is 0 Å². The molecular formula is C18H16N6O. The number of fused-ring (bicyclic) bond motifs is 1. The van der Waals surface area contributed by atoms with Gasteiger partial charge in [0.1, 0.15) is 11.3 Å². The molecule has 4 rings (SSSR count). The summed E-state index contributed by atoms with van der Waals surface area (Å²) in [7, 11) is 1.60. The van der Waals surface area contributed by atoms with Crippen molar-refractivity contribution in [2.24, 2.45) is 0 Å². The van der Waals surface area contributed by atoms with Crippen LogP contribution in [-0.4, -0.2) is 37.1 Å². The van der Waals surface area contributed by atoms with Crippen molar-refractivity contribution in [3.63, 3.8) is 0 Å². The van der Waals surface area contributed by atoms with Gasteiger partial charge in [-0.3, -0.25) is 9.20 Å². The third-order valence-corrected chi connectivity index (χ3v) is 3.99. The molecule has 1 N–H and O–H groups in total. The fourth-order valence-corrected chi connectivity index (χ4v) is 2.78. The van der Waals surface area contributed by atoms with Gasteiger partial charge in [0.05, 0.1) is 18.1 Å². The quantitative estimate of drug-likeness (QED) is 0.624. The number of amides is 1. The Morgan fingerprint density at radius 3 is 2.84 bits per heavy atom. The SMILES string of the molecule is CNC(=O)c1cnc2ccc(-c3ccnn3-c3cccc(C)n3)cn12. The summed E-state index contributed by atoms with van der Waals surface area (Å²) in [6.07, 6.45) is 5.19. The first-order valence-corrected chi connectivity index (χ1v) is 7.85. The molecule has 4 aromatic rings. The van der Waals surface area contributed by atoms with Crippen LogP contribution in [0.15, 0.2) is 55.0 Å². The van der Waals surface area contributed by atoms with Crippen molar-refractivity contribution >= 4 is 11.6 Å². The Hall–Kier alpha value is -3.48. The fraction of sp³-hybridized carbons (Fsp3) is 0.111. The molecule has 0 fully saturated rings. The van der Waals surface area contributed by atoms with E-state index in [9.17, 15) is 4.79 Å². The highest BCUT2D eigenvalue weighted by atomic mass is 16.1. The molecule has 124 valence electrons. The zero-order chi connectivity index (χ0) is 17.4. The van der Waals surface area contributed by atoms with Crippen molar-refractivity contribution in [1.29, 1.82) is 0 Å². The molecule has 0 aliphatic rings. The first-order chi connectivity index (χ1) is 12.2. The Morgan fingerprint density at radius 1 is 1.16 bits per heavy atom. The van der Waals surface area contributed by atoms with Gasteiger partial charge in [-0.25, -0.2) is 14.6 Å². The van der Waals surface area contributed by atoms with E-state index < -0.39 is 0 Å². The minimum Gasteiger partial charge on any atom is -0.354 e. The second-order valence-corrected chi connectivity index (χ2v) is 5.63. The largest absolute Gasteiger partial charge is 0.354 e. The summed E-state index contributed by atoms with van der Waals surface area (Å²) < 4.78 is 3.56. The van der Waals surface area contributed by atoms with Gasteiger partial charge in [0, 0.05) is 24.5 Å². The van der Waals surface area contributed by atoms with E-state index in [-0.39, 0.29) is 5.91 Å². The van der Waals surface area contributed by atoms with Gasteiger partial charge >= 0.3 is 0 Å². The summed E-state index contributed by atoms with van der Waals surface area (Å²) in [6, 6.07) is 11.6. The highest BCUT2D eigenvalue weighted by molar-refractivity contribution is 5.93. The van der Waals surface area contributed by atoms with Crippen molar-refractivity contribution < 1.29 is 4.79 Å². The zero-order valence-corrected chi connectivity index (χ0v) is 13.8. The molecule has 0 unspecified atom stereocenters. The number of imidazole rings is 1. The van der Waals surface area contributed by atoms with Crippen LogP contribution >= 0.6 is 0 Å². The van der Waals surface area contributed by atoms with Crippen LogP contribution in [0.4, 0.5) is 0 Å². The van der Waals surface area contributed by atoms with Crippen LogP contribution in [-0.2, 0) is 0 Å². The molecule has 0 aromatic carbocycles. The number of carbonyl (C=O) groups is 1. The van der Waals surface area contributed by atoms with Crippen molar-refractivity contribution in [2.45, 2.75) is 6.92 Å². The smallest absolute Gasteiger partial charge is 0.269 e. The second-order valence-electron chi connectivity index (χ2n) is 5.63. The number of nitrogens with zero attached hydrogens (tertiary/aromatic N) is 5. The third-order valence-electron chi connectivity index (χ3n) is 3.99. The predicted octanol–water partition coefficient (Wildman–Crippen LogP) is 2.25. The monoisotopic (exact) mass is 332 g/mol. The summed E-state index contributed by atoms with van der Waals surface area (Å²) in [6.45, 7) is 1.94. The lowest BCUT2D eigenvalue weighted by atomic mass is 10.2. The van der Waals surface area contributed by atoms with Gasteiger partial charge in [0.15, 0.2) is 5.82 Å². The predicted molar refractivity (Wildman–Crippen MR) is 93.7 cm³/mol. The third kappa shape index (κ3) is 2.55. The van der Waals surface area contributed by atoms with Crippen molar-refractivity contribution in [2.75, 3.05) is 7.05 Å². The molecule has 0 aliphatic carbocycles. The molecular weight excluding hydrogens is 316 g/mol. The van der Waals surface area contributed by atoms with E-state index in [1.165, 1.54) is 0 Å². The highest BCUT2D eigenvalue weighted by Crippen LogP contribution is 2.23. The molecule has 0 bridgehead atoms. The van der Waals surface area contributed by atoms with Crippen LogP contribution in [0, 0.1) is 6.92 Å². The fourth-order valence-electron chi connectivity index (χ4n) is 2.78. The Labute approximate surface area is 144 Å². The summed E-state index contributed by atoms with van der Waals surface area (Å²) in [5.74, 6) is 0.566. The van der Waals surface area contributed by atoms with Gasteiger partial charge in [-0.05, 0) is 37.3 Å². The minimum atomic E-state index is -0.182. The zero-order valence-electron chi connectivity index (χ0n) is 13.8. The van der Waals surface area contributed by atoms with Crippen molar-refractivity contribution in [1.82, 2.24) is 29.5 Å². The Morgan fingerprint density at radius 2 is 2.04 bits per heavy atom. The number of pyridine rings is 2. The molecule has 0 spiro atoms. The normalized spacial score (nSPS) is 11.0. The van der Waals surface area contributed by atoms with Crippen LogP contribution in [0.5, 0.6) is 0 Å². The number of aryl methyl sites for hydroxylation is 1. The molecule has 0 saturated heterocycles. The van der Waals surface area contributed by atoms with E-state index >= 15 is 0 Å². The van der Waals surface area contributed by atoms with E-state index in [2.05, 4.69) is 20.4 Å². The summed E-state index contributed by atoms with van der Waals surface area (Å²) in [5.41, 5.74) is 3.92. The van der Waals surface area contributed by atoms with E-state index in [4.69, 9.17) is 0 Å². The van der Waals surface area contributed by atoms with Crippen LogP contribution in [0.2, 0.25) is 0 Å². The van der Waals surface area contributed by atoms with Gasteiger partial charge in [-0.1, -0.05) is 6.07 Å². The van der Waals surface area contributed by atoms with E-state index in [1.807, 2.05) is 49.5 Å². The summed E-state index contributed by atoms with van der Waals surface area (Å²) >= 11 is 0. The maximum Gasteiger partial charge on any atom is 0.269 e. The first-order valence-electron chi connectivity index (χ1n) is 7.85. The topological polar surface area (TPSA) is 77.1 Å². The van der Waals surface area contributed by atoms with Crippen molar-refractivity contribution in [3.05, 3.63) is 66.4 Å². The molecule has 25 heavy (non-hydrogen) atoms. The Bertz CT molecular complexity index is 1080. The number of hydrogen-bond acceptors (Lipinski definition) is 4. The standard InChI is InChI=1S/C18H16N6O/c1-12-4-3-5-17(22-12)24-14(8-9-21-24)13-6-7-16-20-10-15(18(25)19-2)23(16)11-13/h3-11H,1-2H3,(H,19,25). The average Bonchev–Trinajstić information content (AvgIpc) is 3.27. The van der Waals surface area contributed by atoms with Gasteiger partial charge in [-0.2, -0.15) is 5.10 Å². The lowest BCUT2D eigenvalue weighted by Gasteiger charge is -2.09. The molecule has 7 heteroatoms. The van der Waals surface area contributed by atoms with Gasteiger partial charge in [-0.15, -0.1) is 0 Å². The summed E-state index contributed by atoms with van der Waals surface area (Å²) in [5, 5.41) is 7.03. The number of rotatable bonds is 3. The van der Waals surface area contributed by atoms with Crippen LogP contribution < -0.4 is 5.32 Å². The molecule has 7 nitrogen and oxygen atoms in total.